The van der Waals surface area contributed by atoms with Crippen molar-refractivity contribution in [3.8, 4) is 0 Å². The first-order valence-corrected chi connectivity index (χ1v) is 7.54. The molecule has 0 aliphatic rings. The Morgan fingerprint density at radius 3 is 1.74 bits per heavy atom. The minimum Gasteiger partial charge on any atom is -0.358 e. The predicted molar refractivity (Wildman–Crippen MR) is 96.1 cm³/mol. The second-order valence-corrected chi connectivity index (χ2v) is 5.51. The molecular weight excluding hydrogens is 310 g/mol. The van der Waals surface area contributed by atoms with Gasteiger partial charge in [-0.15, -0.1) is 12.4 Å². The summed E-state index contributed by atoms with van der Waals surface area (Å²) in [6, 6.07) is 19.5. The predicted octanol–water partition coefficient (Wildman–Crippen LogP) is 3.52. The highest BCUT2D eigenvalue weighted by molar-refractivity contribution is 5.93. The summed E-state index contributed by atoms with van der Waals surface area (Å²) in [4.78, 5) is 15.0. The molecule has 2 rings (SSSR count). The average molecular weight is 334 g/mol. The number of ether oxygens (including phenoxy) is 1. The SMILES string of the molecule is CCOC(C(=O)CN(C)C)(c1ccccc1)c1ccccc1.Cl. The molecule has 0 amide bonds. The molecule has 23 heavy (non-hydrogen) atoms. The number of nitrogens with zero attached hydrogens (tertiary/aromatic N) is 1. The van der Waals surface area contributed by atoms with Crippen LogP contribution >= 0.6 is 12.4 Å². The van der Waals surface area contributed by atoms with Crippen molar-refractivity contribution in [1.29, 1.82) is 0 Å². The van der Waals surface area contributed by atoms with Crippen molar-refractivity contribution in [2.24, 2.45) is 0 Å². The van der Waals surface area contributed by atoms with E-state index in [4.69, 9.17) is 4.74 Å². The van der Waals surface area contributed by atoms with Crippen molar-refractivity contribution >= 4 is 18.2 Å². The lowest BCUT2D eigenvalue weighted by molar-refractivity contribution is -0.140. The molecule has 2 aromatic carbocycles. The van der Waals surface area contributed by atoms with E-state index in [1.54, 1.807) is 0 Å². The van der Waals surface area contributed by atoms with Crippen molar-refractivity contribution in [3.05, 3.63) is 71.8 Å². The van der Waals surface area contributed by atoms with Crippen LogP contribution in [0.2, 0.25) is 0 Å². The van der Waals surface area contributed by atoms with Gasteiger partial charge in [0.05, 0.1) is 6.54 Å². The molecule has 3 nitrogen and oxygen atoms in total. The summed E-state index contributed by atoms with van der Waals surface area (Å²) in [5.41, 5.74) is 0.687. The Balaban J connectivity index is 0.00000264. The lowest BCUT2D eigenvalue weighted by Gasteiger charge is -2.34. The molecule has 0 bridgehead atoms. The Kier molecular flexibility index (Phi) is 7.43. The average Bonchev–Trinajstić information content (AvgIpc) is 2.53. The third-order valence-electron chi connectivity index (χ3n) is 3.57. The summed E-state index contributed by atoms with van der Waals surface area (Å²) in [6.07, 6.45) is 0. The Bertz CT molecular complexity index is 560. The quantitative estimate of drug-likeness (QED) is 0.776. The van der Waals surface area contributed by atoms with Crippen LogP contribution in [0.25, 0.3) is 0 Å². The third kappa shape index (κ3) is 4.20. The molecule has 0 aliphatic heterocycles. The summed E-state index contributed by atoms with van der Waals surface area (Å²) < 4.78 is 6.09. The standard InChI is InChI=1S/C19H23NO2.ClH/c1-4-22-19(18(21)15-20(2)3,16-11-7-5-8-12-16)17-13-9-6-10-14-17;/h5-14H,4,15H2,1-3H3;1H. The van der Waals surface area contributed by atoms with E-state index in [9.17, 15) is 4.79 Å². The van der Waals surface area contributed by atoms with Crippen LogP contribution in [-0.4, -0.2) is 37.9 Å². The second kappa shape index (κ2) is 8.82. The van der Waals surface area contributed by atoms with E-state index < -0.39 is 5.60 Å². The maximum atomic E-state index is 13.1. The van der Waals surface area contributed by atoms with Crippen LogP contribution in [0.4, 0.5) is 0 Å². The zero-order chi connectivity index (χ0) is 16.0. The van der Waals surface area contributed by atoms with E-state index in [1.165, 1.54) is 0 Å². The van der Waals surface area contributed by atoms with Gasteiger partial charge in [-0.3, -0.25) is 4.79 Å². The topological polar surface area (TPSA) is 29.5 Å². The van der Waals surface area contributed by atoms with E-state index in [0.717, 1.165) is 11.1 Å². The first-order valence-electron chi connectivity index (χ1n) is 7.54. The first-order chi connectivity index (χ1) is 10.6. The smallest absolute Gasteiger partial charge is 0.187 e. The number of hydrogen-bond donors (Lipinski definition) is 0. The number of halogens is 1. The monoisotopic (exact) mass is 333 g/mol. The largest absolute Gasteiger partial charge is 0.358 e. The van der Waals surface area contributed by atoms with Gasteiger partial charge in [-0.05, 0) is 32.1 Å². The Labute approximate surface area is 144 Å². The Morgan fingerprint density at radius 1 is 0.957 bits per heavy atom. The maximum absolute atomic E-state index is 13.1. The third-order valence-corrected chi connectivity index (χ3v) is 3.57. The van der Waals surface area contributed by atoms with Crippen molar-refractivity contribution in [2.45, 2.75) is 12.5 Å². The number of carbonyl (C=O) groups is 1. The van der Waals surface area contributed by atoms with Crippen LogP contribution < -0.4 is 0 Å². The fourth-order valence-electron chi connectivity index (χ4n) is 2.70. The first kappa shape index (κ1) is 19.4. The lowest BCUT2D eigenvalue weighted by atomic mass is 9.82. The molecule has 0 heterocycles. The molecule has 0 unspecified atom stereocenters. The van der Waals surface area contributed by atoms with Gasteiger partial charge in [0, 0.05) is 6.61 Å². The molecule has 0 aliphatic carbocycles. The summed E-state index contributed by atoms with van der Waals surface area (Å²) in [7, 11) is 3.79. The Morgan fingerprint density at radius 2 is 1.39 bits per heavy atom. The Hall–Kier alpha value is -1.68. The molecular formula is C19H24ClNO2. The van der Waals surface area contributed by atoms with E-state index in [-0.39, 0.29) is 18.2 Å². The van der Waals surface area contributed by atoms with E-state index in [0.29, 0.717) is 13.2 Å². The fourth-order valence-corrected chi connectivity index (χ4v) is 2.70. The lowest BCUT2D eigenvalue weighted by Crippen LogP contribution is -2.44. The number of carbonyl (C=O) groups excluding carboxylic acids is 1. The minimum atomic E-state index is -1.05. The van der Waals surface area contributed by atoms with Gasteiger partial charge in [0.25, 0.3) is 0 Å². The number of Topliss-reactive ketones (excluding diaryl/α,β-unsaturated/α-hetero) is 1. The molecule has 124 valence electrons. The van der Waals surface area contributed by atoms with Gasteiger partial charge < -0.3 is 9.64 Å². The number of hydrogen-bond acceptors (Lipinski definition) is 3. The van der Waals surface area contributed by atoms with Gasteiger partial charge in [-0.2, -0.15) is 0 Å². The molecule has 2 aromatic rings. The number of likely N-dealkylation sites (N-methyl/N-ethyl adjacent to an activating group) is 1. The zero-order valence-corrected chi connectivity index (χ0v) is 14.7. The van der Waals surface area contributed by atoms with Crippen molar-refractivity contribution in [1.82, 2.24) is 4.90 Å². The van der Waals surface area contributed by atoms with Crippen molar-refractivity contribution < 1.29 is 9.53 Å². The van der Waals surface area contributed by atoms with Gasteiger partial charge in [0.2, 0.25) is 0 Å². The van der Waals surface area contributed by atoms with Crippen LogP contribution in [0.3, 0.4) is 0 Å². The highest BCUT2D eigenvalue weighted by atomic mass is 35.5. The highest BCUT2D eigenvalue weighted by Crippen LogP contribution is 2.35. The summed E-state index contributed by atoms with van der Waals surface area (Å²) in [5, 5.41) is 0. The van der Waals surface area contributed by atoms with Crippen LogP contribution in [-0.2, 0) is 15.1 Å². The van der Waals surface area contributed by atoms with Gasteiger partial charge in [0.1, 0.15) is 0 Å². The maximum Gasteiger partial charge on any atom is 0.187 e. The van der Waals surface area contributed by atoms with Gasteiger partial charge >= 0.3 is 0 Å². The molecule has 0 saturated heterocycles. The number of rotatable bonds is 7. The van der Waals surface area contributed by atoms with Crippen LogP contribution in [0.1, 0.15) is 18.1 Å². The molecule has 0 fully saturated rings. The van der Waals surface area contributed by atoms with Gasteiger partial charge in [-0.25, -0.2) is 0 Å². The van der Waals surface area contributed by atoms with Crippen molar-refractivity contribution in [3.63, 3.8) is 0 Å². The summed E-state index contributed by atoms with van der Waals surface area (Å²) >= 11 is 0. The van der Waals surface area contributed by atoms with E-state index in [1.807, 2.05) is 86.6 Å². The summed E-state index contributed by atoms with van der Waals surface area (Å²) in [6.45, 7) is 2.70. The van der Waals surface area contributed by atoms with Crippen LogP contribution in [0.15, 0.2) is 60.7 Å². The van der Waals surface area contributed by atoms with Crippen molar-refractivity contribution in [2.75, 3.05) is 27.2 Å². The zero-order valence-electron chi connectivity index (χ0n) is 13.9. The van der Waals surface area contributed by atoms with Gasteiger partial charge in [-0.1, -0.05) is 60.7 Å². The highest BCUT2D eigenvalue weighted by Gasteiger charge is 2.42. The molecule has 0 N–H and O–H groups in total. The molecule has 0 atom stereocenters. The second-order valence-electron chi connectivity index (χ2n) is 5.51. The van der Waals surface area contributed by atoms with Crippen LogP contribution in [0, 0.1) is 0 Å². The normalized spacial score (nSPS) is 11.1. The van der Waals surface area contributed by atoms with E-state index >= 15 is 0 Å². The fraction of sp³-hybridized carbons (Fsp3) is 0.316. The van der Waals surface area contributed by atoms with Crippen LogP contribution in [0.5, 0.6) is 0 Å². The number of benzene rings is 2. The molecule has 0 spiro atoms. The molecule has 0 aromatic heterocycles. The van der Waals surface area contributed by atoms with Gasteiger partial charge in [0.15, 0.2) is 11.4 Å². The van der Waals surface area contributed by atoms with E-state index in [2.05, 4.69) is 0 Å². The minimum absolute atomic E-state index is 0. The molecule has 0 radical (unpaired) electrons. The summed E-state index contributed by atoms with van der Waals surface area (Å²) in [5.74, 6) is 0.0387. The molecule has 4 heteroatoms. The molecule has 0 saturated carbocycles. The number of ketones is 1.